The first-order valence-electron chi connectivity index (χ1n) is 9.28. The molecule has 1 N–H and O–H groups in total. The van der Waals surface area contributed by atoms with E-state index in [0.717, 1.165) is 30.8 Å². The van der Waals surface area contributed by atoms with E-state index in [0.29, 0.717) is 26.2 Å². The van der Waals surface area contributed by atoms with E-state index >= 15 is 0 Å². The lowest BCUT2D eigenvalue weighted by Gasteiger charge is -2.32. The van der Waals surface area contributed by atoms with Crippen LogP contribution in [0, 0.1) is 0 Å². The predicted molar refractivity (Wildman–Crippen MR) is 101 cm³/mol. The first-order chi connectivity index (χ1) is 13.2. The van der Waals surface area contributed by atoms with Crippen LogP contribution in [0.25, 0.3) is 0 Å². The van der Waals surface area contributed by atoms with Gasteiger partial charge in [-0.25, -0.2) is 4.79 Å². The number of nitrogens with zero attached hydrogens (tertiary/aromatic N) is 4. The molecule has 4 rings (SSSR count). The van der Waals surface area contributed by atoms with Crippen molar-refractivity contribution >= 4 is 23.4 Å². The Labute approximate surface area is 157 Å². The minimum absolute atomic E-state index is 0.0833. The Bertz CT molecular complexity index is 807. The van der Waals surface area contributed by atoms with Crippen molar-refractivity contribution < 1.29 is 14.3 Å². The van der Waals surface area contributed by atoms with Crippen molar-refractivity contribution in [1.29, 1.82) is 0 Å². The standard InChI is InChI=1S/C19H23N5O3/c25-18-17(7-4-8-24(18)16-5-2-1-3-6-16)21-15-13-20-23(14-15)10-9-22-11-12-27-19(22)26/h1-3,5-6,13-14,17,21H,4,7-12H2. The molecule has 2 fully saturated rings. The molecule has 1 unspecified atom stereocenters. The molecule has 1 atom stereocenters. The molecule has 142 valence electrons. The fourth-order valence-electron chi connectivity index (χ4n) is 3.49. The van der Waals surface area contributed by atoms with E-state index in [4.69, 9.17) is 4.74 Å². The molecule has 2 aliphatic rings. The van der Waals surface area contributed by atoms with Crippen LogP contribution in [-0.2, 0) is 16.1 Å². The second kappa shape index (κ2) is 7.69. The summed E-state index contributed by atoms with van der Waals surface area (Å²) >= 11 is 0. The van der Waals surface area contributed by atoms with Crippen LogP contribution >= 0.6 is 0 Å². The number of hydrogen-bond donors (Lipinski definition) is 1. The minimum Gasteiger partial charge on any atom is -0.448 e. The molecular formula is C19H23N5O3. The molecule has 0 aliphatic carbocycles. The number of cyclic esters (lactones) is 1. The van der Waals surface area contributed by atoms with Crippen LogP contribution in [0.15, 0.2) is 42.7 Å². The normalized spacial score (nSPS) is 20.1. The molecule has 2 amide bonds. The van der Waals surface area contributed by atoms with Gasteiger partial charge in [-0.1, -0.05) is 18.2 Å². The van der Waals surface area contributed by atoms with Crippen LogP contribution in [-0.4, -0.2) is 59.0 Å². The van der Waals surface area contributed by atoms with E-state index in [1.807, 2.05) is 41.4 Å². The summed E-state index contributed by atoms with van der Waals surface area (Å²) in [6, 6.07) is 9.50. The maximum absolute atomic E-state index is 12.9. The highest BCUT2D eigenvalue weighted by Crippen LogP contribution is 2.22. The molecule has 1 aromatic heterocycles. The Morgan fingerprint density at radius 2 is 2.00 bits per heavy atom. The molecule has 2 aromatic rings. The van der Waals surface area contributed by atoms with E-state index in [-0.39, 0.29) is 18.0 Å². The Balaban J connectivity index is 1.35. The molecule has 8 heteroatoms. The zero-order valence-electron chi connectivity index (χ0n) is 15.1. The van der Waals surface area contributed by atoms with Crippen molar-refractivity contribution in [2.75, 3.05) is 36.5 Å². The van der Waals surface area contributed by atoms with Crippen molar-refractivity contribution in [1.82, 2.24) is 14.7 Å². The van der Waals surface area contributed by atoms with E-state index in [1.165, 1.54) is 0 Å². The van der Waals surface area contributed by atoms with Crippen molar-refractivity contribution in [3.8, 4) is 0 Å². The largest absolute Gasteiger partial charge is 0.448 e. The van der Waals surface area contributed by atoms with Gasteiger partial charge < -0.3 is 19.9 Å². The molecule has 0 radical (unpaired) electrons. The van der Waals surface area contributed by atoms with Crippen LogP contribution in [0.4, 0.5) is 16.2 Å². The van der Waals surface area contributed by atoms with E-state index in [9.17, 15) is 9.59 Å². The van der Waals surface area contributed by atoms with Gasteiger partial charge in [0.25, 0.3) is 0 Å². The van der Waals surface area contributed by atoms with Gasteiger partial charge in [-0.2, -0.15) is 5.10 Å². The summed E-state index contributed by atoms with van der Waals surface area (Å²) in [7, 11) is 0. The lowest BCUT2D eigenvalue weighted by Crippen LogP contribution is -2.47. The number of hydrogen-bond acceptors (Lipinski definition) is 5. The van der Waals surface area contributed by atoms with Crippen molar-refractivity contribution in [2.45, 2.75) is 25.4 Å². The Kier molecular flexibility index (Phi) is 4.95. The highest BCUT2D eigenvalue weighted by Gasteiger charge is 2.29. The van der Waals surface area contributed by atoms with Gasteiger partial charge in [-0.3, -0.25) is 9.48 Å². The van der Waals surface area contributed by atoms with Gasteiger partial charge in [-0.05, 0) is 25.0 Å². The fourth-order valence-corrected chi connectivity index (χ4v) is 3.49. The van der Waals surface area contributed by atoms with Gasteiger partial charge >= 0.3 is 6.09 Å². The molecule has 8 nitrogen and oxygen atoms in total. The van der Waals surface area contributed by atoms with E-state index < -0.39 is 0 Å². The lowest BCUT2D eigenvalue weighted by molar-refractivity contribution is -0.120. The monoisotopic (exact) mass is 369 g/mol. The molecular weight excluding hydrogens is 346 g/mol. The third-order valence-corrected chi connectivity index (χ3v) is 4.92. The van der Waals surface area contributed by atoms with Crippen LogP contribution < -0.4 is 10.2 Å². The first-order valence-corrected chi connectivity index (χ1v) is 9.28. The summed E-state index contributed by atoms with van der Waals surface area (Å²) in [5.74, 6) is 0.0833. The summed E-state index contributed by atoms with van der Waals surface area (Å²) in [5, 5.41) is 7.63. The number of carbonyl (C=O) groups is 2. The van der Waals surface area contributed by atoms with Crippen molar-refractivity contribution in [3.63, 3.8) is 0 Å². The first kappa shape index (κ1) is 17.4. The summed E-state index contributed by atoms with van der Waals surface area (Å²) in [6.45, 7) is 2.96. The number of rotatable bonds is 6. The Morgan fingerprint density at radius 3 is 2.78 bits per heavy atom. The molecule has 0 spiro atoms. The SMILES string of the molecule is O=C1OCCN1CCn1cc(NC2CCCN(c3ccccc3)C2=O)cn1. The van der Waals surface area contributed by atoms with Crippen LogP contribution in [0.1, 0.15) is 12.8 Å². The van der Waals surface area contributed by atoms with Crippen LogP contribution in [0.5, 0.6) is 0 Å². The van der Waals surface area contributed by atoms with Crippen molar-refractivity contribution in [3.05, 3.63) is 42.7 Å². The number of benzene rings is 1. The average molecular weight is 369 g/mol. The number of para-hydroxylation sites is 1. The quantitative estimate of drug-likeness (QED) is 0.842. The molecule has 27 heavy (non-hydrogen) atoms. The van der Waals surface area contributed by atoms with Gasteiger partial charge in [0.15, 0.2) is 0 Å². The minimum atomic E-state index is -0.269. The van der Waals surface area contributed by atoms with Crippen molar-refractivity contribution in [2.24, 2.45) is 0 Å². The third-order valence-electron chi connectivity index (χ3n) is 4.92. The maximum atomic E-state index is 12.9. The number of piperidine rings is 1. The average Bonchev–Trinajstić information content (AvgIpc) is 3.31. The Morgan fingerprint density at radius 1 is 1.15 bits per heavy atom. The number of anilines is 2. The molecule has 3 heterocycles. The third kappa shape index (κ3) is 3.89. The lowest BCUT2D eigenvalue weighted by atomic mass is 10.0. The number of carbonyl (C=O) groups excluding carboxylic acids is 2. The zero-order valence-corrected chi connectivity index (χ0v) is 15.1. The number of aromatic nitrogens is 2. The predicted octanol–water partition coefficient (Wildman–Crippen LogP) is 1.94. The van der Waals surface area contributed by atoms with Gasteiger partial charge in [0, 0.05) is 25.0 Å². The Hall–Kier alpha value is -3.03. The van der Waals surface area contributed by atoms with Gasteiger partial charge in [-0.15, -0.1) is 0 Å². The van der Waals surface area contributed by atoms with Crippen LogP contribution in [0.2, 0.25) is 0 Å². The highest BCUT2D eigenvalue weighted by molar-refractivity contribution is 5.99. The topological polar surface area (TPSA) is 79.7 Å². The van der Waals surface area contributed by atoms with E-state index in [1.54, 1.807) is 15.8 Å². The number of ether oxygens (including phenoxy) is 1. The summed E-state index contributed by atoms with van der Waals surface area (Å²) in [5.41, 5.74) is 1.74. The highest BCUT2D eigenvalue weighted by atomic mass is 16.6. The van der Waals surface area contributed by atoms with E-state index in [2.05, 4.69) is 10.4 Å². The molecule has 1 aromatic carbocycles. The van der Waals surface area contributed by atoms with Gasteiger partial charge in [0.05, 0.1) is 25.0 Å². The maximum Gasteiger partial charge on any atom is 0.410 e. The summed E-state index contributed by atoms with van der Waals surface area (Å²) in [6.07, 6.45) is 5.07. The zero-order chi connectivity index (χ0) is 18.6. The molecule has 0 saturated carbocycles. The second-order valence-corrected chi connectivity index (χ2v) is 6.76. The van der Waals surface area contributed by atoms with Gasteiger partial charge in [0.2, 0.25) is 5.91 Å². The van der Waals surface area contributed by atoms with Crippen LogP contribution in [0.3, 0.4) is 0 Å². The molecule has 2 aliphatic heterocycles. The van der Waals surface area contributed by atoms with Gasteiger partial charge in [0.1, 0.15) is 12.6 Å². The smallest absolute Gasteiger partial charge is 0.410 e. The molecule has 0 bridgehead atoms. The number of nitrogens with one attached hydrogen (secondary N) is 1. The number of amides is 2. The fraction of sp³-hybridized carbons (Fsp3) is 0.421. The molecule has 2 saturated heterocycles. The second-order valence-electron chi connectivity index (χ2n) is 6.76. The summed E-state index contributed by atoms with van der Waals surface area (Å²) < 4.78 is 6.69. The summed E-state index contributed by atoms with van der Waals surface area (Å²) in [4.78, 5) is 27.8.